The van der Waals surface area contributed by atoms with E-state index in [-0.39, 0.29) is 30.8 Å². The number of urea groups is 1. The highest BCUT2D eigenvalue weighted by molar-refractivity contribution is 6.05. The highest BCUT2D eigenvalue weighted by atomic mass is 16.2. The Morgan fingerprint density at radius 3 is 2.65 bits per heavy atom. The number of carbonyl (C=O) groups is 4. The SMILES string of the molecule is O=C1CCC(N2Cc3ccc(CNC(=O)Nc4cccc(-n5cccc5)c4)cc3C2=O)C(=O)N1. The van der Waals surface area contributed by atoms with E-state index in [2.05, 4.69) is 16.0 Å². The third-order valence-corrected chi connectivity index (χ3v) is 6.05. The number of amides is 5. The van der Waals surface area contributed by atoms with Crippen LogP contribution in [-0.4, -0.2) is 39.3 Å². The van der Waals surface area contributed by atoms with Crippen LogP contribution in [0.25, 0.3) is 5.69 Å². The number of carbonyl (C=O) groups excluding carboxylic acids is 4. The van der Waals surface area contributed by atoms with Gasteiger partial charge >= 0.3 is 6.03 Å². The Bertz CT molecular complexity index is 1280. The maximum Gasteiger partial charge on any atom is 0.319 e. The number of hydrogen-bond donors (Lipinski definition) is 3. The molecule has 1 unspecified atom stereocenters. The van der Waals surface area contributed by atoms with Crippen molar-refractivity contribution in [3.63, 3.8) is 0 Å². The molecule has 5 rings (SSSR count). The van der Waals surface area contributed by atoms with E-state index in [9.17, 15) is 19.2 Å². The van der Waals surface area contributed by atoms with Gasteiger partial charge in [-0.3, -0.25) is 19.7 Å². The molecular weight excluding hydrogens is 434 g/mol. The minimum atomic E-state index is -0.646. The van der Waals surface area contributed by atoms with Crippen LogP contribution in [-0.2, 0) is 22.7 Å². The van der Waals surface area contributed by atoms with Crippen molar-refractivity contribution in [2.45, 2.75) is 32.0 Å². The highest BCUT2D eigenvalue weighted by Crippen LogP contribution is 2.28. The molecule has 34 heavy (non-hydrogen) atoms. The Labute approximate surface area is 195 Å². The molecule has 1 atom stereocenters. The molecule has 0 aliphatic carbocycles. The monoisotopic (exact) mass is 457 g/mol. The maximum atomic E-state index is 12.9. The molecule has 1 fully saturated rings. The summed E-state index contributed by atoms with van der Waals surface area (Å²) in [5, 5.41) is 7.94. The van der Waals surface area contributed by atoms with E-state index in [4.69, 9.17) is 0 Å². The zero-order valence-corrected chi connectivity index (χ0v) is 18.3. The number of fused-ring (bicyclic) bond motifs is 1. The minimum Gasteiger partial charge on any atom is -0.334 e. The van der Waals surface area contributed by atoms with Crippen molar-refractivity contribution >= 4 is 29.4 Å². The Kier molecular flexibility index (Phi) is 5.59. The van der Waals surface area contributed by atoms with Gasteiger partial charge in [-0.25, -0.2) is 4.79 Å². The van der Waals surface area contributed by atoms with Crippen molar-refractivity contribution in [2.75, 3.05) is 5.32 Å². The normalized spacial score (nSPS) is 17.4. The predicted molar refractivity (Wildman–Crippen MR) is 124 cm³/mol. The first-order valence-electron chi connectivity index (χ1n) is 11.0. The Morgan fingerprint density at radius 1 is 1.03 bits per heavy atom. The van der Waals surface area contributed by atoms with Crippen molar-refractivity contribution < 1.29 is 19.2 Å². The average Bonchev–Trinajstić information content (AvgIpc) is 3.47. The van der Waals surface area contributed by atoms with Crippen LogP contribution in [0, 0.1) is 0 Å². The van der Waals surface area contributed by atoms with Crippen molar-refractivity contribution in [1.82, 2.24) is 20.1 Å². The second kappa shape index (κ2) is 8.86. The van der Waals surface area contributed by atoms with Gasteiger partial charge in [0.2, 0.25) is 11.8 Å². The van der Waals surface area contributed by atoms with Gasteiger partial charge in [0.15, 0.2) is 0 Å². The van der Waals surface area contributed by atoms with Gasteiger partial charge in [-0.05, 0) is 53.9 Å². The highest BCUT2D eigenvalue weighted by Gasteiger charge is 2.39. The molecule has 0 spiro atoms. The van der Waals surface area contributed by atoms with Crippen molar-refractivity contribution in [3.05, 3.63) is 83.7 Å². The Hall–Kier alpha value is -4.40. The quantitative estimate of drug-likeness (QED) is 0.511. The zero-order valence-electron chi connectivity index (χ0n) is 18.3. The van der Waals surface area contributed by atoms with Crippen molar-refractivity contribution in [2.24, 2.45) is 0 Å². The Morgan fingerprint density at radius 2 is 1.85 bits per heavy atom. The number of nitrogens with one attached hydrogen (secondary N) is 3. The van der Waals surface area contributed by atoms with Gasteiger partial charge in [0.25, 0.3) is 5.91 Å². The molecule has 5 amide bonds. The molecule has 1 saturated heterocycles. The van der Waals surface area contributed by atoms with Crippen LogP contribution in [0.1, 0.15) is 34.3 Å². The zero-order chi connectivity index (χ0) is 23.7. The van der Waals surface area contributed by atoms with Gasteiger partial charge < -0.3 is 20.1 Å². The standard InChI is InChI=1S/C25H23N5O4/c31-22-9-8-21(23(32)28-22)30-15-17-7-6-16(12-20(17)24(30)33)14-26-25(34)27-18-4-3-5-19(13-18)29-10-1-2-11-29/h1-7,10-13,21H,8-9,14-15H2,(H2,26,27,34)(H,28,31,32). The number of nitrogens with zero attached hydrogens (tertiary/aromatic N) is 2. The average molecular weight is 457 g/mol. The summed E-state index contributed by atoms with van der Waals surface area (Å²) in [5.41, 5.74) is 3.70. The Balaban J connectivity index is 1.20. The molecule has 2 aliphatic heterocycles. The van der Waals surface area contributed by atoms with Crippen LogP contribution in [0.4, 0.5) is 10.5 Å². The molecule has 1 aromatic heterocycles. The van der Waals surface area contributed by atoms with Gasteiger partial charge in [-0.2, -0.15) is 0 Å². The summed E-state index contributed by atoms with van der Waals surface area (Å²) in [6.07, 6.45) is 4.39. The summed E-state index contributed by atoms with van der Waals surface area (Å²) in [5.74, 6) is -0.983. The number of hydrogen-bond acceptors (Lipinski definition) is 4. The number of rotatable bonds is 5. The molecule has 9 heteroatoms. The molecule has 3 N–H and O–H groups in total. The summed E-state index contributed by atoms with van der Waals surface area (Å²) in [4.78, 5) is 50.5. The molecule has 3 aromatic rings. The lowest BCUT2D eigenvalue weighted by molar-refractivity contribution is -0.136. The third-order valence-electron chi connectivity index (χ3n) is 6.05. The number of aromatic nitrogens is 1. The van der Waals surface area contributed by atoms with Crippen molar-refractivity contribution in [1.29, 1.82) is 0 Å². The number of benzene rings is 2. The first kappa shape index (κ1) is 21.4. The minimum absolute atomic E-state index is 0.217. The van der Waals surface area contributed by atoms with E-state index >= 15 is 0 Å². The first-order chi connectivity index (χ1) is 16.5. The van der Waals surface area contributed by atoms with Gasteiger partial charge in [0, 0.05) is 48.8 Å². The molecular formula is C25H23N5O4. The molecule has 0 radical (unpaired) electrons. The predicted octanol–water partition coefficient (Wildman–Crippen LogP) is 2.56. The fourth-order valence-corrected chi connectivity index (χ4v) is 4.32. The summed E-state index contributed by atoms with van der Waals surface area (Å²) >= 11 is 0. The van der Waals surface area contributed by atoms with E-state index in [0.29, 0.717) is 24.2 Å². The topological polar surface area (TPSA) is 113 Å². The van der Waals surface area contributed by atoms with Crippen molar-refractivity contribution in [3.8, 4) is 5.69 Å². The maximum absolute atomic E-state index is 12.9. The van der Waals surface area contributed by atoms with Gasteiger partial charge in [-0.15, -0.1) is 0 Å². The number of imide groups is 1. The van der Waals surface area contributed by atoms with Crippen LogP contribution in [0.5, 0.6) is 0 Å². The molecule has 2 aliphatic rings. The summed E-state index contributed by atoms with van der Waals surface area (Å²) in [6, 6.07) is 15.8. The summed E-state index contributed by atoms with van der Waals surface area (Å²) in [6.45, 7) is 0.564. The molecule has 0 saturated carbocycles. The number of anilines is 1. The first-order valence-corrected chi connectivity index (χ1v) is 11.0. The molecule has 3 heterocycles. The van der Waals surface area contributed by atoms with E-state index < -0.39 is 11.9 Å². The van der Waals surface area contributed by atoms with Crippen LogP contribution in [0.3, 0.4) is 0 Å². The summed E-state index contributed by atoms with van der Waals surface area (Å²) < 4.78 is 1.95. The van der Waals surface area contributed by atoms with Gasteiger partial charge in [0.05, 0.1) is 0 Å². The lowest BCUT2D eigenvalue weighted by atomic mass is 10.0. The number of piperidine rings is 1. The molecule has 172 valence electrons. The molecule has 2 aromatic carbocycles. The largest absolute Gasteiger partial charge is 0.334 e. The third kappa shape index (κ3) is 4.27. The lowest BCUT2D eigenvalue weighted by Gasteiger charge is -2.29. The second-order valence-corrected chi connectivity index (χ2v) is 8.34. The van der Waals surface area contributed by atoms with E-state index in [0.717, 1.165) is 16.8 Å². The van der Waals surface area contributed by atoms with Crippen LogP contribution in [0.15, 0.2) is 67.0 Å². The molecule has 0 bridgehead atoms. The van der Waals surface area contributed by atoms with Gasteiger partial charge in [-0.1, -0.05) is 18.2 Å². The second-order valence-electron chi connectivity index (χ2n) is 8.34. The van der Waals surface area contributed by atoms with Crippen LogP contribution < -0.4 is 16.0 Å². The lowest BCUT2D eigenvalue weighted by Crippen LogP contribution is -2.52. The van der Waals surface area contributed by atoms with Crippen LogP contribution in [0.2, 0.25) is 0 Å². The summed E-state index contributed by atoms with van der Waals surface area (Å²) in [7, 11) is 0. The molecule has 9 nitrogen and oxygen atoms in total. The fourth-order valence-electron chi connectivity index (χ4n) is 4.32. The van der Waals surface area contributed by atoms with E-state index in [1.165, 1.54) is 4.90 Å². The fraction of sp³-hybridized carbons (Fsp3) is 0.200. The van der Waals surface area contributed by atoms with E-state index in [1.54, 1.807) is 6.07 Å². The van der Waals surface area contributed by atoms with Crippen LogP contribution >= 0.6 is 0 Å². The smallest absolute Gasteiger partial charge is 0.319 e. The van der Waals surface area contributed by atoms with E-state index in [1.807, 2.05) is 65.5 Å². The van der Waals surface area contributed by atoms with Gasteiger partial charge in [0.1, 0.15) is 6.04 Å².